The lowest BCUT2D eigenvalue weighted by Crippen LogP contribution is -2.11. The summed E-state index contributed by atoms with van der Waals surface area (Å²) in [6.45, 7) is 0.594. The maximum Gasteiger partial charge on any atom is 0.254 e. The fourth-order valence-electron chi connectivity index (χ4n) is 1.84. The first-order valence-electron chi connectivity index (χ1n) is 6.01. The number of nitrogens with one attached hydrogen (secondary N) is 1. The molecule has 0 aromatic carbocycles. The largest absolute Gasteiger partial charge is 0.366 e. The van der Waals surface area contributed by atoms with Gasteiger partial charge in [0.2, 0.25) is 0 Å². The summed E-state index contributed by atoms with van der Waals surface area (Å²) in [6.07, 6.45) is 6.63. The van der Waals surface area contributed by atoms with E-state index >= 15 is 0 Å². The van der Waals surface area contributed by atoms with Gasteiger partial charge in [0.25, 0.3) is 5.91 Å². The molecule has 0 atom stereocenters. The van der Waals surface area contributed by atoms with Gasteiger partial charge in [0, 0.05) is 25.1 Å². The number of carbonyl (C=O) groups excluding carboxylic acids is 1. The van der Waals surface area contributed by atoms with Gasteiger partial charge in [-0.15, -0.1) is 0 Å². The van der Waals surface area contributed by atoms with E-state index in [1.165, 1.54) is 10.7 Å². The molecule has 0 spiro atoms. The monoisotopic (exact) mass is 268 g/mol. The molecule has 0 unspecified atom stereocenters. The Bertz CT molecular complexity index is 752. The molecule has 0 saturated heterocycles. The maximum absolute atomic E-state index is 11.3. The molecule has 0 bridgehead atoms. The molecule has 7 nitrogen and oxygen atoms in total. The van der Waals surface area contributed by atoms with Crippen LogP contribution >= 0.6 is 0 Å². The van der Waals surface area contributed by atoms with Gasteiger partial charge in [-0.1, -0.05) is 6.07 Å². The Morgan fingerprint density at radius 2 is 2.25 bits per heavy atom. The van der Waals surface area contributed by atoms with Gasteiger partial charge in [0.05, 0.1) is 6.20 Å². The number of nitrogens with zero attached hydrogens (tertiary/aromatic N) is 4. The average Bonchev–Trinajstić information content (AvgIpc) is 2.89. The highest BCUT2D eigenvalue weighted by molar-refractivity contribution is 5.98. The Hall–Kier alpha value is -2.96. The first kappa shape index (κ1) is 12.1. The molecule has 7 heteroatoms. The molecular weight excluding hydrogens is 256 g/mol. The molecule has 0 radical (unpaired) electrons. The molecular formula is C13H12N6O. The third kappa shape index (κ3) is 2.28. The van der Waals surface area contributed by atoms with E-state index in [9.17, 15) is 4.79 Å². The fraction of sp³-hybridized carbons (Fsp3) is 0.0769. The summed E-state index contributed by atoms with van der Waals surface area (Å²) in [6, 6.07) is 5.61. The van der Waals surface area contributed by atoms with E-state index in [4.69, 9.17) is 5.73 Å². The molecule has 1 amide bonds. The number of carbonyl (C=O) groups is 1. The second-order valence-electron chi connectivity index (χ2n) is 4.22. The van der Waals surface area contributed by atoms with Crippen molar-refractivity contribution in [3.63, 3.8) is 0 Å². The van der Waals surface area contributed by atoms with Crippen molar-refractivity contribution in [2.45, 2.75) is 6.54 Å². The Balaban J connectivity index is 1.85. The zero-order valence-electron chi connectivity index (χ0n) is 10.5. The lowest BCUT2D eigenvalue weighted by atomic mass is 10.3. The zero-order chi connectivity index (χ0) is 13.9. The average molecular weight is 268 g/mol. The number of primary amides is 1. The molecule has 0 aliphatic heterocycles. The van der Waals surface area contributed by atoms with Crippen LogP contribution in [0.3, 0.4) is 0 Å². The normalized spacial score (nSPS) is 10.6. The lowest BCUT2D eigenvalue weighted by Gasteiger charge is -2.05. The summed E-state index contributed by atoms with van der Waals surface area (Å²) in [4.78, 5) is 19.6. The van der Waals surface area contributed by atoms with Gasteiger partial charge < -0.3 is 11.1 Å². The summed E-state index contributed by atoms with van der Waals surface area (Å²) in [7, 11) is 0. The molecule has 100 valence electrons. The highest BCUT2D eigenvalue weighted by Gasteiger charge is 2.11. The molecule has 20 heavy (non-hydrogen) atoms. The van der Waals surface area contributed by atoms with Gasteiger partial charge in [-0.3, -0.25) is 9.78 Å². The SMILES string of the molecule is NC(=O)c1cnn2ccc(NCc3cccnc3)nc12. The van der Waals surface area contributed by atoms with Crippen LogP contribution in [-0.2, 0) is 6.54 Å². The van der Waals surface area contributed by atoms with Crippen LogP contribution in [0.4, 0.5) is 5.82 Å². The molecule has 3 aromatic rings. The third-order valence-corrected chi connectivity index (χ3v) is 2.83. The summed E-state index contributed by atoms with van der Waals surface area (Å²) >= 11 is 0. The standard InChI is InChI=1S/C13H12N6O/c14-12(20)10-8-17-19-5-3-11(18-13(10)19)16-7-9-2-1-4-15-6-9/h1-6,8H,7H2,(H2,14,20)(H,16,18). The number of fused-ring (bicyclic) bond motifs is 1. The van der Waals surface area contributed by atoms with Crippen molar-refractivity contribution in [3.8, 4) is 0 Å². The molecule has 0 aliphatic rings. The van der Waals surface area contributed by atoms with E-state index in [1.54, 1.807) is 24.7 Å². The molecule has 0 saturated carbocycles. The summed E-state index contributed by atoms with van der Waals surface area (Å²) < 4.78 is 1.51. The fourth-order valence-corrected chi connectivity index (χ4v) is 1.84. The van der Waals surface area contributed by atoms with E-state index in [1.807, 2.05) is 12.1 Å². The van der Waals surface area contributed by atoms with Crippen LogP contribution in [0.25, 0.3) is 5.65 Å². The number of pyridine rings is 1. The van der Waals surface area contributed by atoms with Crippen LogP contribution in [0.2, 0.25) is 0 Å². The number of anilines is 1. The minimum atomic E-state index is -0.545. The topological polar surface area (TPSA) is 98.2 Å². The van der Waals surface area contributed by atoms with Crippen LogP contribution in [0.5, 0.6) is 0 Å². The minimum absolute atomic E-state index is 0.301. The van der Waals surface area contributed by atoms with E-state index in [-0.39, 0.29) is 0 Å². The Kier molecular flexibility index (Phi) is 3.00. The van der Waals surface area contributed by atoms with Crippen LogP contribution in [-0.4, -0.2) is 25.5 Å². The van der Waals surface area contributed by atoms with E-state index in [0.717, 1.165) is 5.56 Å². The van der Waals surface area contributed by atoms with Crippen LogP contribution in [0.15, 0.2) is 43.0 Å². The lowest BCUT2D eigenvalue weighted by molar-refractivity contribution is 0.100. The molecule has 0 aliphatic carbocycles. The number of aromatic nitrogens is 4. The predicted molar refractivity (Wildman–Crippen MR) is 73.1 cm³/mol. The van der Waals surface area contributed by atoms with Crippen LogP contribution in [0, 0.1) is 0 Å². The van der Waals surface area contributed by atoms with Crippen molar-refractivity contribution in [3.05, 3.63) is 54.1 Å². The smallest absolute Gasteiger partial charge is 0.254 e. The molecule has 3 aromatic heterocycles. The Morgan fingerprint density at radius 3 is 3.00 bits per heavy atom. The first-order chi connectivity index (χ1) is 9.74. The van der Waals surface area contributed by atoms with Gasteiger partial charge in [0.15, 0.2) is 5.65 Å². The quantitative estimate of drug-likeness (QED) is 0.730. The second-order valence-corrected chi connectivity index (χ2v) is 4.22. The summed E-state index contributed by atoms with van der Waals surface area (Å²) in [5, 5.41) is 7.18. The molecule has 3 heterocycles. The van der Waals surface area contributed by atoms with Gasteiger partial charge >= 0.3 is 0 Å². The van der Waals surface area contributed by atoms with Gasteiger partial charge in [0.1, 0.15) is 11.4 Å². The van der Waals surface area contributed by atoms with E-state index < -0.39 is 5.91 Å². The number of rotatable bonds is 4. The van der Waals surface area contributed by atoms with Crippen molar-refractivity contribution >= 4 is 17.4 Å². The van der Waals surface area contributed by atoms with Crippen LogP contribution in [0.1, 0.15) is 15.9 Å². The second kappa shape index (κ2) is 4.96. The van der Waals surface area contributed by atoms with Gasteiger partial charge in [-0.25, -0.2) is 9.50 Å². The van der Waals surface area contributed by atoms with Gasteiger partial charge in [-0.05, 0) is 17.7 Å². The highest BCUT2D eigenvalue weighted by Crippen LogP contribution is 2.11. The van der Waals surface area contributed by atoms with Crippen molar-refractivity contribution in [1.29, 1.82) is 0 Å². The molecule has 3 N–H and O–H groups in total. The van der Waals surface area contributed by atoms with Crippen molar-refractivity contribution in [2.75, 3.05) is 5.32 Å². The Labute approximate surface area is 114 Å². The van der Waals surface area contributed by atoms with Crippen molar-refractivity contribution < 1.29 is 4.79 Å². The van der Waals surface area contributed by atoms with Crippen LogP contribution < -0.4 is 11.1 Å². The summed E-state index contributed by atoms with van der Waals surface area (Å²) in [5.41, 5.74) is 7.06. The van der Waals surface area contributed by atoms with E-state index in [0.29, 0.717) is 23.6 Å². The highest BCUT2D eigenvalue weighted by atomic mass is 16.1. The number of amides is 1. The number of hydrogen-bond donors (Lipinski definition) is 2. The number of nitrogens with two attached hydrogens (primary N) is 1. The maximum atomic E-state index is 11.3. The third-order valence-electron chi connectivity index (χ3n) is 2.83. The molecule has 3 rings (SSSR count). The first-order valence-corrected chi connectivity index (χ1v) is 6.01. The summed E-state index contributed by atoms with van der Waals surface area (Å²) in [5.74, 6) is 0.0984. The zero-order valence-corrected chi connectivity index (χ0v) is 10.5. The van der Waals surface area contributed by atoms with E-state index in [2.05, 4.69) is 20.4 Å². The molecule has 0 fully saturated rings. The number of hydrogen-bond acceptors (Lipinski definition) is 5. The van der Waals surface area contributed by atoms with Crippen molar-refractivity contribution in [1.82, 2.24) is 19.6 Å². The minimum Gasteiger partial charge on any atom is -0.366 e. The van der Waals surface area contributed by atoms with Crippen molar-refractivity contribution in [2.24, 2.45) is 5.73 Å². The predicted octanol–water partition coefficient (Wildman–Crippen LogP) is 0.835. The Morgan fingerprint density at radius 1 is 1.35 bits per heavy atom. The van der Waals surface area contributed by atoms with Gasteiger partial charge in [-0.2, -0.15) is 5.10 Å².